The second kappa shape index (κ2) is 6.64. The van der Waals surface area contributed by atoms with Gasteiger partial charge in [0.2, 0.25) is 0 Å². The Morgan fingerprint density at radius 3 is 2.94 bits per heavy atom. The number of nitrogens with one attached hydrogen (secondary N) is 1. The molecule has 2 rings (SSSR count). The summed E-state index contributed by atoms with van der Waals surface area (Å²) in [6, 6.07) is 2.32. The van der Waals surface area contributed by atoms with Crippen LogP contribution in [0.5, 0.6) is 0 Å². The van der Waals surface area contributed by atoms with Crippen LogP contribution in [-0.2, 0) is 0 Å². The topological polar surface area (TPSA) is 41.1 Å². The quantitative estimate of drug-likeness (QED) is 0.514. The number of halogens is 2. The number of anilines is 1. The molecule has 0 aromatic carbocycles. The van der Waals surface area contributed by atoms with Crippen molar-refractivity contribution in [2.75, 3.05) is 30.8 Å². The zero-order chi connectivity index (χ0) is 11.5. The van der Waals surface area contributed by atoms with Crippen LogP contribution >= 0.6 is 35.8 Å². The summed E-state index contributed by atoms with van der Waals surface area (Å²) in [6.45, 7) is 5.08. The Hall–Kier alpha value is -0.230. The maximum Gasteiger partial charge on any atom is 0.190 e. The summed E-state index contributed by atoms with van der Waals surface area (Å²) in [4.78, 5) is 10.9. The van der Waals surface area contributed by atoms with Crippen molar-refractivity contribution < 1.29 is 0 Å². The Morgan fingerprint density at radius 2 is 2.29 bits per heavy atom. The highest BCUT2D eigenvalue weighted by Gasteiger charge is 2.17. The molecule has 1 saturated heterocycles. The van der Waals surface area contributed by atoms with Crippen molar-refractivity contribution in [2.24, 2.45) is 0 Å². The summed E-state index contributed by atoms with van der Waals surface area (Å²) < 4.78 is 0. The van der Waals surface area contributed by atoms with Gasteiger partial charge < -0.3 is 10.2 Å². The summed E-state index contributed by atoms with van der Waals surface area (Å²) in [5.74, 6) is 0.928. The number of rotatable bonds is 2. The normalized spacial score (nSPS) is 19.9. The van der Waals surface area contributed by atoms with Crippen molar-refractivity contribution in [3.63, 3.8) is 0 Å². The second-order valence-electron chi connectivity index (χ2n) is 3.84. The highest BCUT2D eigenvalue weighted by atomic mass is 35.5. The molecule has 1 aromatic heterocycles. The molecule has 1 fully saturated rings. The van der Waals surface area contributed by atoms with Crippen LogP contribution in [0.15, 0.2) is 11.2 Å². The molecule has 1 N–H and O–H groups in total. The Morgan fingerprint density at radius 1 is 1.53 bits per heavy atom. The first kappa shape index (κ1) is 14.8. The molecule has 1 aliphatic heterocycles. The Balaban J connectivity index is 0.00000144. The smallest absolute Gasteiger partial charge is 0.190 e. The maximum absolute atomic E-state index is 5.98. The molecular weight excluding hydrogens is 279 g/mol. The average Bonchev–Trinajstić information content (AvgIpc) is 2.28. The summed E-state index contributed by atoms with van der Waals surface area (Å²) >= 11 is 7.49. The van der Waals surface area contributed by atoms with Crippen molar-refractivity contribution in [3.05, 3.63) is 11.2 Å². The molecule has 2 heterocycles. The first-order chi connectivity index (χ1) is 7.69. The fourth-order valence-corrected chi connectivity index (χ4v) is 2.38. The largest absolute Gasteiger partial charge is 0.354 e. The van der Waals surface area contributed by atoms with Gasteiger partial charge in [-0.05, 0) is 13.2 Å². The summed E-state index contributed by atoms with van der Waals surface area (Å²) in [6.07, 6.45) is 1.95. The SMILES string of the molecule is CSc1nc(Cl)cc(N2CCNC(C)C2)n1.Cl. The highest BCUT2D eigenvalue weighted by Crippen LogP contribution is 2.21. The third kappa shape index (κ3) is 3.88. The zero-order valence-corrected chi connectivity index (χ0v) is 12.2. The fourth-order valence-electron chi connectivity index (χ4n) is 1.78. The van der Waals surface area contributed by atoms with Gasteiger partial charge in [0, 0.05) is 31.7 Å². The molecule has 7 heteroatoms. The van der Waals surface area contributed by atoms with Crippen LogP contribution in [-0.4, -0.2) is 41.9 Å². The van der Waals surface area contributed by atoms with Gasteiger partial charge in [-0.1, -0.05) is 23.4 Å². The van der Waals surface area contributed by atoms with Crippen LogP contribution in [0, 0.1) is 0 Å². The minimum absolute atomic E-state index is 0. The second-order valence-corrected chi connectivity index (χ2v) is 5.00. The zero-order valence-electron chi connectivity index (χ0n) is 9.81. The molecule has 0 saturated carbocycles. The van der Waals surface area contributed by atoms with E-state index in [2.05, 4.69) is 27.1 Å². The first-order valence-electron chi connectivity index (χ1n) is 5.26. The van der Waals surface area contributed by atoms with Crippen molar-refractivity contribution in [2.45, 2.75) is 18.1 Å². The van der Waals surface area contributed by atoms with Crippen LogP contribution in [0.4, 0.5) is 5.82 Å². The predicted octanol–water partition coefficient (Wildman–Crippen LogP) is 2.07. The van der Waals surface area contributed by atoms with Crippen LogP contribution in [0.1, 0.15) is 6.92 Å². The van der Waals surface area contributed by atoms with Gasteiger partial charge in [-0.15, -0.1) is 12.4 Å². The van der Waals surface area contributed by atoms with Gasteiger partial charge in [-0.3, -0.25) is 0 Å². The lowest BCUT2D eigenvalue weighted by Gasteiger charge is -2.32. The molecule has 0 amide bonds. The molecule has 0 radical (unpaired) electrons. The van der Waals surface area contributed by atoms with Gasteiger partial charge in [0.05, 0.1) is 0 Å². The van der Waals surface area contributed by atoms with E-state index in [1.165, 1.54) is 11.8 Å². The molecule has 96 valence electrons. The number of nitrogens with zero attached hydrogens (tertiary/aromatic N) is 3. The average molecular weight is 295 g/mol. The van der Waals surface area contributed by atoms with Gasteiger partial charge in [0.25, 0.3) is 0 Å². The molecule has 1 aliphatic rings. The lowest BCUT2D eigenvalue weighted by atomic mass is 10.2. The number of aromatic nitrogens is 2. The van der Waals surface area contributed by atoms with E-state index in [9.17, 15) is 0 Å². The van der Waals surface area contributed by atoms with Crippen molar-refractivity contribution >= 4 is 41.6 Å². The van der Waals surface area contributed by atoms with E-state index in [1.807, 2.05) is 12.3 Å². The monoisotopic (exact) mass is 294 g/mol. The van der Waals surface area contributed by atoms with E-state index in [-0.39, 0.29) is 12.4 Å². The minimum atomic E-state index is 0. The van der Waals surface area contributed by atoms with Crippen molar-refractivity contribution in [1.29, 1.82) is 0 Å². The lowest BCUT2D eigenvalue weighted by Crippen LogP contribution is -2.49. The predicted molar refractivity (Wildman–Crippen MR) is 75.7 cm³/mol. The Kier molecular flexibility index (Phi) is 5.79. The maximum atomic E-state index is 5.98. The van der Waals surface area contributed by atoms with E-state index in [0.29, 0.717) is 11.2 Å². The van der Waals surface area contributed by atoms with E-state index >= 15 is 0 Å². The Bertz CT molecular complexity index is 377. The molecule has 1 unspecified atom stereocenters. The fraction of sp³-hybridized carbons (Fsp3) is 0.600. The van der Waals surface area contributed by atoms with E-state index < -0.39 is 0 Å². The van der Waals surface area contributed by atoms with Gasteiger partial charge in [-0.2, -0.15) is 0 Å². The van der Waals surface area contributed by atoms with E-state index in [4.69, 9.17) is 11.6 Å². The Labute approximate surface area is 117 Å². The molecule has 0 bridgehead atoms. The van der Waals surface area contributed by atoms with Crippen LogP contribution in [0.25, 0.3) is 0 Å². The van der Waals surface area contributed by atoms with Crippen LogP contribution in [0.2, 0.25) is 5.15 Å². The van der Waals surface area contributed by atoms with Crippen LogP contribution < -0.4 is 10.2 Å². The number of hydrogen-bond acceptors (Lipinski definition) is 5. The first-order valence-corrected chi connectivity index (χ1v) is 6.86. The third-order valence-corrected chi connectivity index (χ3v) is 3.28. The van der Waals surface area contributed by atoms with Crippen molar-refractivity contribution in [3.8, 4) is 0 Å². The van der Waals surface area contributed by atoms with Crippen LogP contribution in [0.3, 0.4) is 0 Å². The minimum Gasteiger partial charge on any atom is -0.354 e. The molecule has 0 spiro atoms. The summed E-state index contributed by atoms with van der Waals surface area (Å²) in [5.41, 5.74) is 0. The van der Waals surface area contributed by atoms with Gasteiger partial charge >= 0.3 is 0 Å². The molecule has 1 aromatic rings. The number of thioether (sulfide) groups is 1. The molecule has 4 nitrogen and oxygen atoms in total. The van der Waals surface area contributed by atoms with Gasteiger partial charge in [-0.25, -0.2) is 9.97 Å². The molecular formula is C10H16Cl2N4S. The number of piperazine rings is 1. The standard InChI is InChI=1S/C10H15ClN4S.ClH/c1-7-6-15(4-3-12-7)9-5-8(11)13-10(14-9)16-2;/h5,7,12H,3-4,6H2,1-2H3;1H. The van der Waals surface area contributed by atoms with Gasteiger partial charge in [0.15, 0.2) is 5.16 Å². The molecule has 0 aliphatic carbocycles. The van der Waals surface area contributed by atoms with Gasteiger partial charge in [0.1, 0.15) is 11.0 Å². The molecule has 17 heavy (non-hydrogen) atoms. The highest BCUT2D eigenvalue weighted by molar-refractivity contribution is 7.98. The summed E-state index contributed by atoms with van der Waals surface area (Å²) in [5, 5.41) is 4.65. The number of hydrogen-bond donors (Lipinski definition) is 1. The van der Waals surface area contributed by atoms with E-state index in [1.54, 1.807) is 0 Å². The lowest BCUT2D eigenvalue weighted by molar-refractivity contribution is 0.481. The van der Waals surface area contributed by atoms with Crippen molar-refractivity contribution in [1.82, 2.24) is 15.3 Å². The third-order valence-electron chi connectivity index (χ3n) is 2.54. The molecule has 1 atom stereocenters. The summed E-state index contributed by atoms with van der Waals surface area (Å²) in [7, 11) is 0. The van der Waals surface area contributed by atoms with E-state index in [0.717, 1.165) is 30.6 Å².